The Bertz CT molecular complexity index is 595. The Kier molecular flexibility index (Phi) is 3.35. The van der Waals surface area contributed by atoms with Gasteiger partial charge in [-0.15, -0.1) is 0 Å². The van der Waals surface area contributed by atoms with E-state index in [2.05, 4.69) is 37.0 Å². The van der Waals surface area contributed by atoms with Gasteiger partial charge in [0.25, 0.3) is 5.89 Å². The van der Waals surface area contributed by atoms with Gasteiger partial charge in [0, 0.05) is 5.56 Å². The van der Waals surface area contributed by atoms with E-state index in [1.807, 2.05) is 19.9 Å². The Morgan fingerprint density at radius 3 is 2.32 bits per heavy atom. The molecule has 0 aliphatic heterocycles. The molecule has 0 radical (unpaired) electrons. The Balaban J connectivity index is 2.60. The molecule has 1 aromatic heterocycles. The van der Waals surface area contributed by atoms with Crippen LogP contribution in [-0.4, -0.2) is 17.3 Å². The fourth-order valence-electron chi connectivity index (χ4n) is 2.08. The van der Waals surface area contributed by atoms with Crippen LogP contribution < -0.4 is 4.74 Å². The molecule has 0 spiro atoms. The van der Waals surface area contributed by atoms with Gasteiger partial charge in [-0.1, -0.05) is 32.0 Å². The Morgan fingerprint density at radius 1 is 1.16 bits per heavy atom. The van der Waals surface area contributed by atoms with Crippen molar-refractivity contribution in [3.05, 3.63) is 29.1 Å². The van der Waals surface area contributed by atoms with Gasteiger partial charge in [0.15, 0.2) is 5.82 Å². The summed E-state index contributed by atoms with van der Waals surface area (Å²) >= 11 is 0. The van der Waals surface area contributed by atoms with Crippen molar-refractivity contribution in [3.8, 4) is 17.2 Å². The summed E-state index contributed by atoms with van der Waals surface area (Å²) in [4.78, 5) is 4.28. The van der Waals surface area contributed by atoms with Crippen LogP contribution in [0.5, 0.6) is 5.75 Å². The van der Waals surface area contributed by atoms with E-state index in [9.17, 15) is 0 Å². The molecule has 102 valence electrons. The second-order valence-corrected chi connectivity index (χ2v) is 5.76. The standard InChI is InChI=1S/C15H20N2O2/c1-9-7-12(15(3,4)5)13(18-6)8-11(9)14-16-10(2)17-19-14/h7-8H,1-6H3. The molecule has 2 rings (SSSR count). The third kappa shape index (κ3) is 2.62. The molecule has 0 saturated heterocycles. The second kappa shape index (κ2) is 4.68. The number of hydrogen-bond donors (Lipinski definition) is 0. The Hall–Kier alpha value is -1.84. The van der Waals surface area contributed by atoms with E-state index in [1.54, 1.807) is 7.11 Å². The molecule has 0 fully saturated rings. The lowest BCUT2D eigenvalue weighted by atomic mass is 9.84. The first-order valence-corrected chi connectivity index (χ1v) is 6.32. The second-order valence-electron chi connectivity index (χ2n) is 5.76. The van der Waals surface area contributed by atoms with Gasteiger partial charge in [-0.05, 0) is 36.5 Å². The van der Waals surface area contributed by atoms with Crippen LogP contribution in [0.2, 0.25) is 0 Å². The van der Waals surface area contributed by atoms with Crippen molar-refractivity contribution in [2.24, 2.45) is 0 Å². The average Bonchev–Trinajstić information content (AvgIpc) is 2.74. The summed E-state index contributed by atoms with van der Waals surface area (Å²) in [5.74, 6) is 2.02. The number of aromatic nitrogens is 2. The van der Waals surface area contributed by atoms with Crippen molar-refractivity contribution < 1.29 is 9.26 Å². The SMILES string of the molecule is COc1cc(-c2nc(C)no2)c(C)cc1C(C)(C)C. The van der Waals surface area contributed by atoms with Gasteiger partial charge in [-0.25, -0.2) is 0 Å². The van der Waals surface area contributed by atoms with Crippen LogP contribution >= 0.6 is 0 Å². The first kappa shape index (κ1) is 13.6. The lowest BCUT2D eigenvalue weighted by Gasteiger charge is -2.23. The van der Waals surface area contributed by atoms with Crippen LogP contribution in [0.4, 0.5) is 0 Å². The van der Waals surface area contributed by atoms with Gasteiger partial charge in [0.05, 0.1) is 7.11 Å². The molecule has 0 bridgehead atoms. The first-order valence-electron chi connectivity index (χ1n) is 6.32. The molecule has 0 unspecified atom stereocenters. The van der Waals surface area contributed by atoms with Crippen molar-refractivity contribution in [1.82, 2.24) is 10.1 Å². The molecule has 1 aromatic carbocycles. The molecule has 19 heavy (non-hydrogen) atoms. The molecule has 1 heterocycles. The van der Waals surface area contributed by atoms with E-state index in [-0.39, 0.29) is 5.41 Å². The van der Waals surface area contributed by atoms with Crippen LogP contribution in [0.15, 0.2) is 16.7 Å². The third-order valence-corrected chi connectivity index (χ3v) is 3.11. The number of hydrogen-bond acceptors (Lipinski definition) is 4. The van der Waals surface area contributed by atoms with Crippen molar-refractivity contribution >= 4 is 0 Å². The number of methoxy groups -OCH3 is 1. The number of benzene rings is 1. The van der Waals surface area contributed by atoms with Crippen LogP contribution in [0.1, 0.15) is 37.7 Å². The molecular formula is C15H20N2O2. The molecule has 0 atom stereocenters. The molecule has 0 amide bonds. The summed E-state index contributed by atoms with van der Waals surface area (Å²) in [5, 5.41) is 3.83. The lowest BCUT2D eigenvalue weighted by Crippen LogP contribution is -2.13. The minimum Gasteiger partial charge on any atom is -0.496 e. The summed E-state index contributed by atoms with van der Waals surface area (Å²) in [7, 11) is 1.68. The van der Waals surface area contributed by atoms with E-state index in [4.69, 9.17) is 9.26 Å². The van der Waals surface area contributed by atoms with E-state index < -0.39 is 0 Å². The average molecular weight is 260 g/mol. The zero-order chi connectivity index (χ0) is 14.2. The number of nitrogens with zero attached hydrogens (tertiary/aromatic N) is 2. The topological polar surface area (TPSA) is 48.2 Å². The molecule has 0 aliphatic carbocycles. The number of rotatable bonds is 2. The lowest BCUT2D eigenvalue weighted by molar-refractivity contribution is 0.396. The summed E-state index contributed by atoms with van der Waals surface area (Å²) in [6.45, 7) is 10.4. The molecular weight excluding hydrogens is 240 g/mol. The zero-order valence-electron chi connectivity index (χ0n) is 12.4. The minimum absolute atomic E-state index is 0.0272. The van der Waals surface area contributed by atoms with Gasteiger partial charge < -0.3 is 9.26 Å². The molecule has 4 heteroatoms. The van der Waals surface area contributed by atoms with Gasteiger partial charge in [-0.2, -0.15) is 4.98 Å². The summed E-state index contributed by atoms with van der Waals surface area (Å²) in [5.41, 5.74) is 3.23. The highest BCUT2D eigenvalue weighted by molar-refractivity contribution is 5.63. The van der Waals surface area contributed by atoms with E-state index in [0.29, 0.717) is 11.7 Å². The maximum Gasteiger partial charge on any atom is 0.258 e. The highest BCUT2D eigenvalue weighted by Crippen LogP contribution is 2.36. The van der Waals surface area contributed by atoms with Crippen molar-refractivity contribution in [2.75, 3.05) is 7.11 Å². The fraction of sp³-hybridized carbons (Fsp3) is 0.467. The maximum absolute atomic E-state index is 5.51. The highest BCUT2D eigenvalue weighted by Gasteiger charge is 2.22. The maximum atomic E-state index is 5.51. The monoisotopic (exact) mass is 260 g/mol. The highest BCUT2D eigenvalue weighted by atomic mass is 16.5. The predicted octanol–water partition coefficient (Wildman–Crippen LogP) is 3.66. The largest absolute Gasteiger partial charge is 0.496 e. The van der Waals surface area contributed by atoms with Crippen LogP contribution in [0, 0.1) is 13.8 Å². The van der Waals surface area contributed by atoms with E-state index in [0.717, 1.165) is 16.9 Å². The van der Waals surface area contributed by atoms with E-state index in [1.165, 1.54) is 5.56 Å². The number of aryl methyl sites for hydroxylation is 2. The van der Waals surface area contributed by atoms with Gasteiger partial charge in [0.1, 0.15) is 5.75 Å². The zero-order valence-corrected chi connectivity index (χ0v) is 12.4. The van der Waals surface area contributed by atoms with Crippen molar-refractivity contribution in [1.29, 1.82) is 0 Å². The molecule has 0 saturated carbocycles. The molecule has 0 N–H and O–H groups in total. The van der Waals surface area contributed by atoms with Gasteiger partial charge in [0.2, 0.25) is 0 Å². The first-order chi connectivity index (χ1) is 8.82. The smallest absolute Gasteiger partial charge is 0.258 e. The quantitative estimate of drug-likeness (QED) is 0.826. The predicted molar refractivity (Wildman–Crippen MR) is 74.5 cm³/mol. The van der Waals surface area contributed by atoms with Crippen molar-refractivity contribution in [3.63, 3.8) is 0 Å². The normalized spacial score (nSPS) is 11.7. The molecule has 4 nitrogen and oxygen atoms in total. The third-order valence-electron chi connectivity index (χ3n) is 3.11. The Morgan fingerprint density at radius 2 is 1.84 bits per heavy atom. The number of ether oxygens (including phenoxy) is 1. The fourth-order valence-corrected chi connectivity index (χ4v) is 2.08. The summed E-state index contributed by atoms with van der Waals surface area (Å²) in [6, 6.07) is 4.11. The van der Waals surface area contributed by atoms with Gasteiger partial charge >= 0.3 is 0 Å². The minimum atomic E-state index is 0.0272. The van der Waals surface area contributed by atoms with Crippen LogP contribution in [-0.2, 0) is 5.41 Å². The van der Waals surface area contributed by atoms with Gasteiger partial charge in [-0.3, -0.25) is 0 Å². The van der Waals surface area contributed by atoms with Crippen LogP contribution in [0.25, 0.3) is 11.5 Å². The summed E-state index contributed by atoms with van der Waals surface area (Å²) < 4.78 is 10.7. The summed E-state index contributed by atoms with van der Waals surface area (Å²) in [6.07, 6.45) is 0. The molecule has 2 aromatic rings. The Labute approximate surface area is 113 Å². The van der Waals surface area contributed by atoms with Crippen LogP contribution in [0.3, 0.4) is 0 Å². The van der Waals surface area contributed by atoms with E-state index >= 15 is 0 Å². The molecule has 0 aliphatic rings. The van der Waals surface area contributed by atoms with Crippen molar-refractivity contribution in [2.45, 2.75) is 40.0 Å².